The van der Waals surface area contributed by atoms with Crippen LogP contribution in [0.25, 0.3) is 0 Å². The molecule has 0 saturated carbocycles. The van der Waals surface area contributed by atoms with Gasteiger partial charge in [0.15, 0.2) is 5.11 Å². The lowest BCUT2D eigenvalue weighted by molar-refractivity contribution is -0.137. The Morgan fingerprint density at radius 1 is 1.14 bits per heavy atom. The largest absolute Gasteiger partial charge is 0.416 e. The fourth-order valence-electron chi connectivity index (χ4n) is 1.70. The van der Waals surface area contributed by atoms with E-state index in [0.29, 0.717) is 17.0 Å². The molecule has 0 amide bonds. The molecule has 1 aromatic heterocycles. The summed E-state index contributed by atoms with van der Waals surface area (Å²) in [6.07, 6.45) is -2.84. The van der Waals surface area contributed by atoms with Gasteiger partial charge in [-0.2, -0.15) is 18.3 Å². The molecule has 0 saturated heterocycles. The number of pyridine rings is 1. The Labute approximate surface area is 129 Å². The van der Waals surface area contributed by atoms with Crippen LogP contribution >= 0.6 is 12.2 Å². The summed E-state index contributed by atoms with van der Waals surface area (Å²) in [5.41, 5.74) is 8.27. The molecule has 0 aliphatic carbocycles. The van der Waals surface area contributed by atoms with Crippen LogP contribution in [0.5, 0.6) is 0 Å². The Hall–Kier alpha value is -2.48. The van der Waals surface area contributed by atoms with E-state index < -0.39 is 11.7 Å². The van der Waals surface area contributed by atoms with E-state index in [-0.39, 0.29) is 5.11 Å². The highest BCUT2D eigenvalue weighted by Crippen LogP contribution is 2.29. The fraction of sp³-hybridized carbons (Fsp3) is 0.0714. The standard InChI is InChI=1S/C14H11F3N4S/c15-14(16,17)10-6-4-9(5-7-10)12(20-21-13(18)22)11-3-1-2-8-19-11/h1-8H,(H3,18,21,22)/b20-12-. The number of nitrogens with two attached hydrogens (primary N) is 1. The van der Waals surface area contributed by atoms with Gasteiger partial charge in [-0.3, -0.25) is 10.4 Å². The number of nitrogens with zero attached hydrogens (tertiary/aromatic N) is 2. The zero-order valence-electron chi connectivity index (χ0n) is 11.1. The summed E-state index contributed by atoms with van der Waals surface area (Å²) < 4.78 is 37.8. The van der Waals surface area contributed by atoms with E-state index in [4.69, 9.17) is 5.73 Å². The van der Waals surface area contributed by atoms with Gasteiger partial charge < -0.3 is 5.73 Å². The van der Waals surface area contributed by atoms with E-state index in [0.717, 1.165) is 12.1 Å². The number of hydrogen-bond donors (Lipinski definition) is 2. The third kappa shape index (κ3) is 4.01. The van der Waals surface area contributed by atoms with Crippen LogP contribution in [0, 0.1) is 0 Å². The first-order chi connectivity index (χ1) is 10.4. The van der Waals surface area contributed by atoms with Crippen molar-refractivity contribution in [3.8, 4) is 0 Å². The summed E-state index contributed by atoms with van der Waals surface area (Å²) in [6, 6.07) is 9.73. The minimum Gasteiger partial charge on any atom is -0.375 e. The lowest BCUT2D eigenvalue weighted by Crippen LogP contribution is -2.26. The molecule has 2 aromatic rings. The Balaban J connectivity index is 2.42. The Morgan fingerprint density at radius 2 is 1.82 bits per heavy atom. The Morgan fingerprint density at radius 3 is 2.32 bits per heavy atom. The topological polar surface area (TPSA) is 63.3 Å². The average Bonchev–Trinajstić information content (AvgIpc) is 2.48. The number of thiocarbonyl (C=S) groups is 1. The van der Waals surface area contributed by atoms with Gasteiger partial charge in [-0.15, -0.1) is 0 Å². The highest BCUT2D eigenvalue weighted by atomic mass is 32.1. The molecule has 8 heteroatoms. The molecule has 0 atom stereocenters. The summed E-state index contributed by atoms with van der Waals surface area (Å²) in [4.78, 5) is 4.13. The maximum atomic E-state index is 12.6. The van der Waals surface area contributed by atoms with Crippen LogP contribution in [0.3, 0.4) is 0 Å². The van der Waals surface area contributed by atoms with E-state index >= 15 is 0 Å². The number of hydrazone groups is 1. The molecule has 114 valence electrons. The monoisotopic (exact) mass is 324 g/mol. The Bertz CT molecular complexity index is 681. The van der Waals surface area contributed by atoms with Gasteiger partial charge >= 0.3 is 6.18 Å². The first-order valence-electron chi connectivity index (χ1n) is 6.10. The van der Waals surface area contributed by atoms with Crippen LogP contribution in [0.1, 0.15) is 16.8 Å². The maximum Gasteiger partial charge on any atom is 0.416 e. The van der Waals surface area contributed by atoms with Crippen molar-refractivity contribution < 1.29 is 13.2 Å². The van der Waals surface area contributed by atoms with Crippen molar-refractivity contribution in [3.05, 3.63) is 65.5 Å². The van der Waals surface area contributed by atoms with Crippen LogP contribution in [0.15, 0.2) is 53.8 Å². The summed E-state index contributed by atoms with van der Waals surface area (Å²) in [6.45, 7) is 0. The number of halogens is 3. The third-order valence-corrected chi connectivity index (χ3v) is 2.76. The number of rotatable bonds is 3. The molecule has 0 radical (unpaired) electrons. The fourth-order valence-corrected chi connectivity index (χ4v) is 1.75. The second-order valence-electron chi connectivity index (χ2n) is 4.23. The van der Waals surface area contributed by atoms with Crippen LogP contribution in [0.4, 0.5) is 13.2 Å². The number of benzene rings is 1. The first-order valence-corrected chi connectivity index (χ1v) is 6.51. The van der Waals surface area contributed by atoms with Gasteiger partial charge in [0.1, 0.15) is 5.71 Å². The van der Waals surface area contributed by atoms with Crippen molar-refractivity contribution in [2.24, 2.45) is 10.8 Å². The zero-order valence-corrected chi connectivity index (χ0v) is 11.9. The van der Waals surface area contributed by atoms with Gasteiger partial charge in [0.05, 0.1) is 11.3 Å². The molecule has 0 bridgehead atoms. The summed E-state index contributed by atoms with van der Waals surface area (Å²) in [7, 11) is 0. The summed E-state index contributed by atoms with van der Waals surface area (Å²) in [5, 5.41) is 3.96. The van der Waals surface area contributed by atoms with Gasteiger partial charge in [-0.1, -0.05) is 18.2 Å². The quantitative estimate of drug-likeness (QED) is 0.518. The van der Waals surface area contributed by atoms with Crippen molar-refractivity contribution in [3.63, 3.8) is 0 Å². The summed E-state index contributed by atoms with van der Waals surface area (Å²) >= 11 is 4.67. The maximum absolute atomic E-state index is 12.6. The molecule has 0 aliphatic rings. The van der Waals surface area contributed by atoms with E-state index in [1.165, 1.54) is 12.1 Å². The molecule has 0 unspecified atom stereocenters. The number of nitrogens with one attached hydrogen (secondary N) is 1. The van der Waals surface area contributed by atoms with Crippen molar-refractivity contribution in [1.29, 1.82) is 0 Å². The van der Waals surface area contributed by atoms with Crippen LogP contribution < -0.4 is 11.2 Å². The molecule has 0 fully saturated rings. The number of hydrogen-bond acceptors (Lipinski definition) is 3. The predicted octanol–water partition coefficient (Wildman–Crippen LogP) is 2.69. The lowest BCUT2D eigenvalue weighted by atomic mass is 10.0. The second-order valence-corrected chi connectivity index (χ2v) is 4.67. The van der Waals surface area contributed by atoms with E-state index in [1.807, 2.05) is 0 Å². The van der Waals surface area contributed by atoms with Gasteiger partial charge in [0, 0.05) is 11.8 Å². The molecule has 4 nitrogen and oxygen atoms in total. The molecule has 1 heterocycles. The van der Waals surface area contributed by atoms with E-state index in [9.17, 15) is 13.2 Å². The normalized spacial score (nSPS) is 12.0. The minimum absolute atomic E-state index is 0.0552. The molecular formula is C14H11F3N4S. The predicted molar refractivity (Wildman–Crippen MR) is 81.2 cm³/mol. The molecular weight excluding hydrogens is 313 g/mol. The second kappa shape index (κ2) is 6.52. The van der Waals surface area contributed by atoms with Crippen molar-refractivity contribution >= 4 is 23.0 Å². The highest BCUT2D eigenvalue weighted by molar-refractivity contribution is 7.80. The number of aromatic nitrogens is 1. The van der Waals surface area contributed by atoms with Gasteiger partial charge in [0.25, 0.3) is 0 Å². The van der Waals surface area contributed by atoms with Gasteiger partial charge in [-0.25, -0.2) is 0 Å². The highest BCUT2D eigenvalue weighted by Gasteiger charge is 2.30. The number of alkyl halides is 3. The molecule has 2 rings (SSSR count). The van der Waals surface area contributed by atoms with E-state index in [1.54, 1.807) is 24.4 Å². The van der Waals surface area contributed by atoms with Gasteiger partial charge in [-0.05, 0) is 36.5 Å². The molecule has 0 aliphatic heterocycles. The van der Waals surface area contributed by atoms with Crippen LogP contribution in [-0.2, 0) is 6.18 Å². The van der Waals surface area contributed by atoms with Crippen molar-refractivity contribution in [1.82, 2.24) is 10.4 Å². The van der Waals surface area contributed by atoms with E-state index in [2.05, 4.69) is 27.7 Å². The summed E-state index contributed by atoms with van der Waals surface area (Å²) in [5.74, 6) is 0. The first kappa shape index (κ1) is 15.9. The molecule has 1 aromatic carbocycles. The molecule has 0 spiro atoms. The lowest BCUT2D eigenvalue weighted by Gasteiger charge is -2.09. The smallest absolute Gasteiger partial charge is 0.375 e. The average molecular weight is 324 g/mol. The van der Waals surface area contributed by atoms with Crippen LogP contribution in [0.2, 0.25) is 0 Å². The van der Waals surface area contributed by atoms with Crippen molar-refractivity contribution in [2.45, 2.75) is 6.18 Å². The minimum atomic E-state index is -4.39. The zero-order chi connectivity index (χ0) is 16.2. The van der Waals surface area contributed by atoms with Crippen LogP contribution in [-0.4, -0.2) is 15.8 Å². The molecule has 3 N–H and O–H groups in total. The van der Waals surface area contributed by atoms with Gasteiger partial charge in [0.2, 0.25) is 0 Å². The SMILES string of the molecule is NC(=S)N/N=C(/c1ccc(C(F)(F)F)cc1)c1ccccn1. The Kier molecular flexibility index (Phi) is 4.71. The third-order valence-electron chi connectivity index (χ3n) is 2.67. The van der Waals surface area contributed by atoms with Crippen molar-refractivity contribution in [2.75, 3.05) is 0 Å². The molecule has 22 heavy (non-hydrogen) atoms.